The van der Waals surface area contributed by atoms with Crippen LogP contribution < -0.4 is 5.32 Å². The SMILES string of the molecule is CC(=O)SCCC(=O)NCc1ccccc1. The van der Waals surface area contributed by atoms with Crippen LogP contribution in [0.4, 0.5) is 0 Å². The first-order valence-corrected chi connectivity index (χ1v) is 6.11. The Bertz CT molecular complexity index is 351. The van der Waals surface area contributed by atoms with E-state index in [4.69, 9.17) is 0 Å². The van der Waals surface area contributed by atoms with Gasteiger partial charge in [0.05, 0.1) is 0 Å². The summed E-state index contributed by atoms with van der Waals surface area (Å²) in [6.07, 6.45) is 0.386. The lowest BCUT2D eigenvalue weighted by Gasteiger charge is -2.04. The van der Waals surface area contributed by atoms with E-state index in [-0.39, 0.29) is 11.0 Å². The minimum Gasteiger partial charge on any atom is -0.352 e. The second-order valence-corrected chi connectivity index (χ2v) is 4.62. The molecule has 0 atom stereocenters. The lowest BCUT2D eigenvalue weighted by Crippen LogP contribution is -2.23. The average Bonchev–Trinajstić information content (AvgIpc) is 2.27. The van der Waals surface area contributed by atoms with E-state index in [1.54, 1.807) is 0 Å². The Morgan fingerprint density at radius 2 is 1.94 bits per heavy atom. The summed E-state index contributed by atoms with van der Waals surface area (Å²) in [5.74, 6) is 0.535. The van der Waals surface area contributed by atoms with Crippen LogP contribution in [0.1, 0.15) is 18.9 Å². The van der Waals surface area contributed by atoms with Crippen molar-refractivity contribution in [2.24, 2.45) is 0 Å². The van der Waals surface area contributed by atoms with E-state index >= 15 is 0 Å². The third-order valence-corrected chi connectivity index (χ3v) is 2.78. The van der Waals surface area contributed by atoms with Gasteiger partial charge in [-0.3, -0.25) is 9.59 Å². The van der Waals surface area contributed by atoms with E-state index < -0.39 is 0 Å². The maximum absolute atomic E-state index is 11.4. The molecule has 3 nitrogen and oxygen atoms in total. The molecule has 0 aromatic heterocycles. The number of carbonyl (C=O) groups excluding carboxylic acids is 2. The van der Waals surface area contributed by atoms with Crippen molar-refractivity contribution >= 4 is 22.8 Å². The van der Waals surface area contributed by atoms with Crippen molar-refractivity contribution in [2.75, 3.05) is 5.75 Å². The first-order chi connectivity index (χ1) is 7.68. The summed E-state index contributed by atoms with van der Waals surface area (Å²) in [6.45, 7) is 2.05. The van der Waals surface area contributed by atoms with Crippen molar-refractivity contribution in [2.45, 2.75) is 19.9 Å². The molecule has 0 spiro atoms. The van der Waals surface area contributed by atoms with Gasteiger partial charge in [0.1, 0.15) is 0 Å². The Hall–Kier alpha value is -1.29. The molecule has 86 valence electrons. The zero-order valence-electron chi connectivity index (χ0n) is 9.23. The Morgan fingerprint density at radius 3 is 2.56 bits per heavy atom. The summed E-state index contributed by atoms with van der Waals surface area (Å²) >= 11 is 1.18. The third kappa shape index (κ3) is 5.56. The number of hydrogen-bond donors (Lipinski definition) is 1. The van der Waals surface area contributed by atoms with Gasteiger partial charge in [0.2, 0.25) is 5.91 Å². The fourth-order valence-electron chi connectivity index (χ4n) is 1.17. The Morgan fingerprint density at radius 1 is 1.25 bits per heavy atom. The van der Waals surface area contributed by atoms with Crippen molar-refractivity contribution < 1.29 is 9.59 Å². The maximum Gasteiger partial charge on any atom is 0.221 e. The molecule has 0 saturated carbocycles. The monoisotopic (exact) mass is 237 g/mol. The van der Waals surface area contributed by atoms with Crippen molar-refractivity contribution in [3.63, 3.8) is 0 Å². The van der Waals surface area contributed by atoms with Crippen LogP contribution in [0.15, 0.2) is 30.3 Å². The normalized spacial score (nSPS) is 9.81. The van der Waals surface area contributed by atoms with Crippen LogP contribution in [-0.4, -0.2) is 16.8 Å². The summed E-state index contributed by atoms with van der Waals surface area (Å²) in [7, 11) is 0. The van der Waals surface area contributed by atoms with Gasteiger partial charge in [0, 0.05) is 25.6 Å². The quantitative estimate of drug-likeness (QED) is 0.851. The number of rotatable bonds is 5. The highest BCUT2D eigenvalue weighted by atomic mass is 32.2. The molecule has 1 aromatic carbocycles. The Balaban J connectivity index is 2.18. The molecule has 0 unspecified atom stereocenters. The predicted octanol–water partition coefficient (Wildman–Crippen LogP) is 1.97. The number of carbonyl (C=O) groups is 2. The first kappa shape index (κ1) is 12.8. The molecule has 0 bridgehead atoms. The van der Waals surface area contributed by atoms with Crippen molar-refractivity contribution in [1.82, 2.24) is 5.32 Å². The smallest absolute Gasteiger partial charge is 0.221 e. The van der Waals surface area contributed by atoms with Gasteiger partial charge in [0.25, 0.3) is 0 Å². The van der Waals surface area contributed by atoms with E-state index in [9.17, 15) is 9.59 Å². The number of hydrogen-bond acceptors (Lipinski definition) is 3. The summed E-state index contributed by atoms with van der Waals surface area (Å²) in [5.41, 5.74) is 1.08. The molecule has 0 fully saturated rings. The molecule has 0 aliphatic carbocycles. The Labute approximate surface area is 99.6 Å². The van der Waals surface area contributed by atoms with Crippen molar-refractivity contribution in [1.29, 1.82) is 0 Å². The number of benzene rings is 1. The number of thioether (sulfide) groups is 1. The molecule has 0 aliphatic heterocycles. The van der Waals surface area contributed by atoms with Gasteiger partial charge in [-0.2, -0.15) is 0 Å². The molecule has 1 rings (SSSR count). The van der Waals surface area contributed by atoms with Crippen LogP contribution in [0.25, 0.3) is 0 Å². The topological polar surface area (TPSA) is 46.2 Å². The molecule has 0 heterocycles. The molecule has 0 radical (unpaired) electrons. The fraction of sp³-hybridized carbons (Fsp3) is 0.333. The molecular weight excluding hydrogens is 222 g/mol. The van der Waals surface area contributed by atoms with Crippen LogP contribution >= 0.6 is 11.8 Å². The molecule has 16 heavy (non-hydrogen) atoms. The summed E-state index contributed by atoms with van der Waals surface area (Å²) in [6, 6.07) is 9.74. The second-order valence-electron chi connectivity index (χ2n) is 3.35. The largest absolute Gasteiger partial charge is 0.352 e. The van der Waals surface area contributed by atoms with Crippen LogP contribution in [0.2, 0.25) is 0 Å². The van der Waals surface area contributed by atoms with Crippen LogP contribution in [0.3, 0.4) is 0 Å². The zero-order valence-corrected chi connectivity index (χ0v) is 10.0. The van der Waals surface area contributed by atoms with Gasteiger partial charge in [-0.05, 0) is 5.56 Å². The van der Waals surface area contributed by atoms with Gasteiger partial charge in [0.15, 0.2) is 5.12 Å². The molecule has 1 amide bonds. The second kappa shape index (κ2) is 7.06. The molecule has 0 saturated heterocycles. The minimum atomic E-state index is -0.0161. The van der Waals surface area contributed by atoms with E-state index in [1.807, 2.05) is 30.3 Å². The van der Waals surface area contributed by atoms with Gasteiger partial charge in [-0.15, -0.1) is 0 Å². The Kier molecular flexibility index (Phi) is 5.64. The molecule has 1 N–H and O–H groups in total. The van der Waals surface area contributed by atoms with Crippen LogP contribution in [-0.2, 0) is 16.1 Å². The first-order valence-electron chi connectivity index (χ1n) is 5.12. The third-order valence-electron chi connectivity index (χ3n) is 1.97. The standard InChI is InChI=1S/C12H15NO2S/c1-10(14)16-8-7-12(15)13-9-11-5-3-2-4-6-11/h2-6H,7-9H2,1H3,(H,13,15). The van der Waals surface area contributed by atoms with Crippen LogP contribution in [0.5, 0.6) is 0 Å². The van der Waals surface area contributed by atoms with E-state index in [2.05, 4.69) is 5.32 Å². The minimum absolute atomic E-state index is 0.0161. The van der Waals surface area contributed by atoms with Gasteiger partial charge in [-0.1, -0.05) is 42.1 Å². The summed E-state index contributed by atoms with van der Waals surface area (Å²) in [5, 5.41) is 2.86. The molecule has 4 heteroatoms. The van der Waals surface area contributed by atoms with Gasteiger partial charge < -0.3 is 5.32 Å². The molecule has 1 aromatic rings. The maximum atomic E-state index is 11.4. The van der Waals surface area contributed by atoms with E-state index in [0.29, 0.717) is 18.7 Å². The van der Waals surface area contributed by atoms with Crippen molar-refractivity contribution in [3.05, 3.63) is 35.9 Å². The number of amides is 1. The number of nitrogens with one attached hydrogen (secondary N) is 1. The van der Waals surface area contributed by atoms with Gasteiger partial charge in [-0.25, -0.2) is 0 Å². The fourth-order valence-corrected chi connectivity index (χ4v) is 1.75. The highest BCUT2D eigenvalue weighted by Gasteiger charge is 2.02. The van der Waals surface area contributed by atoms with Crippen LogP contribution in [0, 0.1) is 0 Å². The summed E-state index contributed by atoms with van der Waals surface area (Å²) in [4.78, 5) is 22.0. The van der Waals surface area contributed by atoms with Crippen molar-refractivity contribution in [3.8, 4) is 0 Å². The van der Waals surface area contributed by atoms with Gasteiger partial charge >= 0.3 is 0 Å². The highest BCUT2D eigenvalue weighted by Crippen LogP contribution is 2.03. The van der Waals surface area contributed by atoms with E-state index in [1.165, 1.54) is 18.7 Å². The van der Waals surface area contributed by atoms with E-state index in [0.717, 1.165) is 5.56 Å². The summed E-state index contributed by atoms with van der Waals surface area (Å²) < 4.78 is 0. The lowest BCUT2D eigenvalue weighted by atomic mass is 10.2. The zero-order chi connectivity index (χ0) is 11.8. The molecule has 0 aliphatic rings. The predicted molar refractivity (Wildman–Crippen MR) is 66.0 cm³/mol. The molecular formula is C12H15NO2S. The average molecular weight is 237 g/mol. The highest BCUT2D eigenvalue weighted by molar-refractivity contribution is 8.13. The lowest BCUT2D eigenvalue weighted by molar-refractivity contribution is -0.120.